The van der Waals surface area contributed by atoms with E-state index in [1.165, 1.54) is 0 Å². The molecule has 0 spiro atoms. The lowest BCUT2D eigenvalue weighted by Gasteiger charge is -2.12. The molecule has 1 aromatic rings. The Kier molecular flexibility index (Phi) is 5.42. The number of nitriles is 1. The van der Waals surface area contributed by atoms with Gasteiger partial charge in [0.25, 0.3) is 0 Å². The highest BCUT2D eigenvalue weighted by molar-refractivity contribution is 7.99. The minimum absolute atomic E-state index is 0.300. The molecule has 0 radical (unpaired) electrons. The summed E-state index contributed by atoms with van der Waals surface area (Å²) in [5.74, 6) is 0.738. The van der Waals surface area contributed by atoms with E-state index in [1.54, 1.807) is 11.8 Å². The van der Waals surface area contributed by atoms with Crippen molar-refractivity contribution in [2.45, 2.75) is 50.9 Å². The maximum absolute atomic E-state index is 9.11. The molecule has 1 aromatic heterocycles. The molecule has 0 saturated carbocycles. The highest BCUT2D eigenvalue weighted by Gasteiger charge is 2.15. The third-order valence-electron chi connectivity index (χ3n) is 2.59. The number of nitrogens with zero attached hydrogens (tertiary/aromatic N) is 3. The SMILES string of the molecule is CC[C@@H](C)Sc1nc(N)c(C#N)c(CC(C)C)n1. The average Bonchev–Trinajstić information content (AvgIpc) is 2.27. The second-order valence-electron chi connectivity index (χ2n) is 4.76. The van der Waals surface area contributed by atoms with Gasteiger partial charge >= 0.3 is 0 Å². The van der Waals surface area contributed by atoms with E-state index in [1.807, 2.05) is 0 Å². The minimum Gasteiger partial charge on any atom is -0.382 e. The van der Waals surface area contributed by atoms with Crippen molar-refractivity contribution in [1.82, 2.24) is 9.97 Å². The van der Waals surface area contributed by atoms with Crippen molar-refractivity contribution in [3.8, 4) is 6.07 Å². The van der Waals surface area contributed by atoms with E-state index >= 15 is 0 Å². The van der Waals surface area contributed by atoms with Gasteiger partial charge in [-0.15, -0.1) is 0 Å². The third-order valence-corrected chi connectivity index (χ3v) is 3.72. The van der Waals surface area contributed by atoms with Crippen molar-refractivity contribution in [1.29, 1.82) is 5.26 Å². The summed E-state index contributed by atoms with van der Waals surface area (Å²) < 4.78 is 0. The van der Waals surface area contributed by atoms with E-state index in [-0.39, 0.29) is 0 Å². The zero-order valence-corrected chi connectivity index (χ0v) is 12.2. The second-order valence-corrected chi connectivity index (χ2v) is 6.17. The molecule has 4 nitrogen and oxygen atoms in total. The molecule has 1 atom stereocenters. The van der Waals surface area contributed by atoms with Crippen LogP contribution in [0, 0.1) is 17.2 Å². The molecule has 0 fully saturated rings. The van der Waals surface area contributed by atoms with Crippen LogP contribution >= 0.6 is 11.8 Å². The number of aromatic nitrogens is 2. The van der Waals surface area contributed by atoms with Gasteiger partial charge in [0.1, 0.15) is 17.5 Å². The van der Waals surface area contributed by atoms with Gasteiger partial charge in [-0.25, -0.2) is 9.97 Å². The highest BCUT2D eigenvalue weighted by atomic mass is 32.2. The van der Waals surface area contributed by atoms with Crippen molar-refractivity contribution >= 4 is 17.6 Å². The fourth-order valence-electron chi connectivity index (χ4n) is 1.48. The van der Waals surface area contributed by atoms with Gasteiger partial charge in [0.2, 0.25) is 0 Å². The lowest BCUT2D eigenvalue weighted by Crippen LogP contribution is -2.08. The van der Waals surface area contributed by atoms with Gasteiger partial charge in [-0.1, -0.05) is 39.5 Å². The Morgan fingerprint density at radius 3 is 2.50 bits per heavy atom. The second kappa shape index (κ2) is 6.60. The van der Waals surface area contributed by atoms with E-state index < -0.39 is 0 Å². The molecule has 0 aliphatic heterocycles. The first kappa shape index (κ1) is 14.8. The third kappa shape index (κ3) is 3.88. The molecule has 0 unspecified atom stereocenters. The van der Waals surface area contributed by atoms with Crippen LogP contribution in [0.15, 0.2) is 5.16 Å². The van der Waals surface area contributed by atoms with Gasteiger partial charge in [-0.3, -0.25) is 0 Å². The quantitative estimate of drug-likeness (QED) is 0.653. The first-order valence-electron chi connectivity index (χ1n) is 6.21. The monoisotopic (exact) mass is 264 g/mol. The van der Waals surface area contributed by atoms with Gasteiger partial charge in [0.15, 0.2) is 5.16 Å². The summed E-state index contributed by atoms with van der Waals surface area (Å²) in [5.41, 5.74) is 7.04. The molecule has 0 saturated heterocycles. The first-order valence-corrected chi connectivity index (χ1v) is 7.09. The molecule has 0 bridgehead atoms. The molecule has 98 valence electrons. The molecule has 0 aliphatic carbocycles. The van der Waals surface area contributed by atoms with E-state index in [0.29, 0.717) is 27.7 Å². The van der Waals surface area contributed by atoms with Gasteiger partial charge in [-0.2, -0.15) is 5.26 Å². The average molecular weight is 264 g/mol. The van der Waals surface area contributed by atoms with E-state index in [2.05, 4.69) is 43.7 Å². The summed E-state index contributed by atoms with van der Waals surface area (Å²) in [5, 5.41) is 10.2. The van der Waals surface area contributed by atoms with E-state index in [4.69, 9.17) is 11.0 Å². The number of hydrogen-bond acceptors (Lipinski definition) is 5. The predicted octanol–water partition coefficient (Wildman–Crippen LogP) is 3.02. The molecule has 2 N–H and O–H groups in total. The van der Waals surface area contributed by atoms with Crippen LogP contribution in [0.4, 0.5) is 5.82 Å². The largest absolute Gasteiger partial charge is 0.382 e. The van der Waals surface area contributed by atoms with Crippen LogP contribution in [0.2, 0.25) is 0 Å². The lowest BCUT2D eigenvalue weighted by atomic mass is 10.0. The maximum atomic E-state index is 9.11. The van der Waals surface area contributed by atoms with Crippen LogP contribution in [-0.2, 0) is 6.42 Å². The van der Waals surface area contributed by atoms with Crippen LogP contribution in [0.5, 0.6) is 0 Å². The highest BCUT2D eigenvalue weighted by Crippen LogP contribution is 2.25. The molecule has 0 aromatic carbocycles. The molecule has 0 amide bonds. The molecular weight excluding hydrogens is 244 g/mol. The molecule has 1 rings (SSSR count). The van der Waals surface area contributed by atoms with Crippen molar-refractivity contribution in [2.75, 3.05) is 5.73 Å². The Morgan fingerprint density at radius 1 is 1.33 bits per heavy atom. The van der Waals surface area contributed by atoms with Crippen LogP contribution < -0.4 is 5.73 Å². The van der Waals surface area contributed by atoms with E-state index in [9.17, 15) is 0 Å². The summed E-state index contributed by atoms with van der Waals surface area (Å²) in [7, 11) is 0. The van der Waals surface area contributed by atoms with Gasteiger partial charge in [0.05, 0.1) is 5.69 Å². The van der Waals surface area contributed by atoms with Crippen LogP contribution in [0.25, 0.3) is 0 Å². The fraction of sp³-hybridized carbons (Fsp3) is 0.615. The Labute approximate surface area is 113 Å². The van der Waals surface area contributed by atoms with Crippen LogP contribution in [0.3, 0.4) is 0 Å². The summed E-state index contributed by atoms with van der Waals surface area (Å²) in [6, 6.07) is 2.10. The Morgan fingerprint density at radius 2 is 2.00 bits per heavy atom. The molecule has 0 aliphatic rings. The van der Waals surface area contributed by atoms with Gasteiger partial charge in [-0.05, 0) is 18.8 Å². The normalized spacial score (nSPS) is 12.4. The van der Waals surface area contributed by atoms with Crippen molar-refractivity contribution in [3.05, 3.63) is 11.3 Å². The van der Waals surface area contributed by atoms with Crippen molar-refractivity contribution in [2.24, 2.45) is 5.92 Å². The topological polar surface area (TPSA) is 75.6 Å². The number of nitrogens with two attached hydrogens (primary N) is 1. The first-order chi connectivity index (χ1) is 8.47. The maximum Gasteiger partial charge on any atom is 0.190 e. The van der Waals surface area contributed by atoms with Crippen LogP contribution in [-0.4, -0.2) is 15.2 Å². The molecule has 18 heavy (non-hydrogen) atoms. The molecular formula is C13H20N4S. The van der Waals surface area contributed by atoms with Crippen molar-refractivity contribution < 1.29 is 0 Å². The minimum atomic E-state index is 0.300. The number of anilines is 1. The summed E-state index contributed by atoms with van der Waals surface area (Å²) in [6.07, 6.45) is 1.80. The lowest BCUT2D eigenvalue weighted by molar-refractivity contribution is 0.626. The number of rotatable bonds is 5. The molecule has 1 heterocycles. The Balaban J connectivity index is 3.10. The zero-order valence-electron chi connectivity index (χ0n) is 11.4. The van der Waals surface area contributed by atoms with E-state index in [0.717, 1.165) is 18.5 Å². The standard InChI is InChI=1S/C13H20N4S/c1-5-9(4)18-13-16-11(6-8(2)3)10(7-14)12(15)17-13/h8-9H,5-6H2,1-4H3,(H2,15,16,17)/t9-/m1/s1. The van der Waals surface area contributed by atoms with Gasteiger partial charge < -0.3 is 5.73 Å². The smallest absolute Gasteiger partial charge is 0.190 e. The number of nitrogen functional groups attached to an aromatic ring is 1. The Hall–Kier alpha value is -1.28. The fourth-order valence-corrected chi connectivity index (χ4v) is 2.32. The van der Waals surface area contributed by atoms with Gasteiger partial charge in [0, 0.05) is 5.25 Å². The number of hydrogen-bond donors (Lipinski definition) is 1. The summed E-state index contributed by atoms with van der Waals surface area (Å²) in [6.45, 7) is 8.45. The number of thioether (sulfide) groups is 1. The predicted molar refractivity (Wildman–Crippen MR) is 75.3 cm³/mol. The van der Waals surface area contributed by atoms with Crippen LogP contribution in [0.1, 0.15) is 45.4 Å². The summed E-state index contributed by atoms with van der Waals surface area (Å²) in [4.78, 5) is 8.69. The van der Waals surface area contributed by atoms with Crippen molar-refractivity contribution in [3.63, 3.8) is 0 Å². The Bertz CT molecular complexity index is 451. The zero-order chi connectivity index (χ0) is 13.7. The summed E-state index contributed by atoms with van der Waals surface area (Å²) >= 11 is 1.61. The molecule has 5 heteroatoms.